The predicted octanol–water partition coefficient (Wildman–Crippen LogP) is 2.66. The summed E-state index contributed by atoms with van der Waals surface area (Å²) >= 11 is 0. The molecule has 2 aliphatic heterocycles. The molecule has 0 amide bonds. The van der Waals surface area contributed by atoms with Crippen LogP contribution in [0.2, 0.25) is 0 Å². The summed E-state index contributed by atoms with van der Waals surface area (Å²) in [7, 11) is 0.229. The predicted molar refractivity (Wildman–Crippen MR) is 115 cm³/mol. The summed E-state index contributed by atoms with van der Waals surface area (Å²) in [6, 6.07) is 1.95. The largest absolute Gasteiger partial charge is 0.496 e. The van der Waals surface area contributed by atoms with E-state index in [9.17, 15) is 4.79 Å². The molecule has 0 aliphatic carbocycles. The second-order valence-corrected chi connectivity index (χ2v) is 10.2. The van der Waals surface area contributed by atoms with Crippen LogP contribution in [0.5, 0.6) is 0 Å². The Bertz CT molecular complexity index is 778. The molecule has 164 valence electrons. The Morgan fingerprint density at radius 1 is 0.933 bits per heavy atom. The third-order valence-corrected chi connectivity index (χ3v) is 6.95. The second kappa shape index (κ2) is 7.62. The van der Waals surface area contributed by atoms with E-state index in [-0.39, 0.29) is 18.2 Å². The molecule has 30 heavy (non-hydrogen) atoms. The number of carbonyl (C=O) groups excluding carboxylic acids is 1. The van der Waals surface area contributed by atoms with Crippen LogP contribution in [0.25, 0.3) is 0 Å². The number of rotatable bonds is 5. The quantitative estimate of drug-likeness (QED) is 0.539. The fourth-order valence-corrected chi connectivity index (χ4v) is 3.47. The molecule has 1 unspecified atom stereocenters. The average Bonchev–Trinajstić information content (AvgIpc) is 2.99. The maximum Gasteiger partial charge on any atom is 0.496 e. The zero-order valence-corrected chi connectivity index (χ0v) is 19.6. The van der Waals surface area contributed by atoms with Crippen molar-refractivity contribution in [1.82, 2.24) is 4.98 Å². The van der Waals surface area contributed by atoms with E-state index in [4.69, 9.17) is 23.4 Å². The lowest BCUT2D eigenvalue weighted by Gasteiger charge is -2.32. The van der Waals surface area contributed by atoms with Gasteiger partial charge in [0.05, 0.1) is 35.9 Å². The van der Waals surface area contributed by atoms with E-state index in [0.717, 1.165) is 11.0 Å². The SMILES string of the molecule is COC(=O)CC(B1OC(C)(C)C(C)(C)O1)c1cncc(B2OC(C)(C)C(C)(C)O2)c1. The van der Waals surface area contributed by atoms with Crippen LogP contribution in [-0.2, 0) is 28.1 Å². The van der Waals surface area contributed by atoms with E-state index in [2.05, 4.69) is 4.98 Å². The van der Waals surface area contributed by atoms with Crippen LogP contribution >= 0.6 is 0 Å². The first-order valence-corrected chi connectivity index (χ1v) is 10.4. The first-order valence-electron chi connectivity index (χ1n) is 10.4. The third kappa shape index (κ3) is 4.17. The molecule has 0 N–H and O–H groups in total. The van der Waals surface area contributed by atoms with Gasteiger partial charge in [-0.2, -0.15) is 0 Å². The van der Waals surface area contributed by atoms with Gasteiger partial charge in [0.2, 0.25) is 0 Å². The van der Waals surface area contributed by atoms with E-state index in [1.54, 1.807) is 12.4 Å². The molecule has 2 fully saturated rings. The maximum absolute atomic E-state index is 12.2. The highest BCUT2D eigenvalue weighted by Gasteiger charge is 2.55. The molecular weight excluding hydrogens is 384 g/mol. The van der Waals surface area contributed by atoms with Crippen LogP contribution in [-0.4, -0.2) is 54.7 Å². The molecule has 1 aromatic heterocycles. The van der Waals surface area contributed by atoms with Crippen LogP contribution in [0.3, 0.4) is 0 Å². The third-order valence-electron chi connectivity index (χ3n) is 6.95. The number of ether oxygens (including phenoxy) is 1. The van der Waals surface area contributed by atoms with Crippen molar-refractivity contribution in [2.24, 2.45) is 0 Å². The number of esters is 1. The van der Waals surface area contributed by atoms with E-state index >= 15 is 0 Å². The Morgan fingerprint density at radius 2 is 1.43 bits per heavy atom. The molecule has 1 aromatic rings. The minimum absolute atomic E-state index is 0.113. The van der Waals surface area contributed by atoms with Crippen molar-refractivity contribution in [1.29, 1.82) is 0 Å². The Kier molecular flexibility index (Phi) is 5.91. The zero-order valence-electron chi connectivity index (χ0n) is 19.6. The van der Waals surface area contributed by atoms with Crippen LogP contribution in [0, 0.1) is 0 Å². The van der Waals surface area contributed by atoms with E-state index < -0.39 is 36.6 Å². The Balaban J connectivity index is 1.92. The molecule has 0 radical (unpaired) electrons. The van der Waals surface area contributed by atoms with Gasteiger partial charge in [-0.1, -0.05) is 6.07 Å². The van der Waals surface area contributed by atoms with Crippen molar-refractivity contribution < 1.29 is 28.1 Å². The number of nitrogens with zero attached hydrogens (tertiary/aromatic N) is 1. The number of aromatic nitrogens is 1. The van der Waals surface area contributed by atoms with Gasteiger partial charge in [-0.15, -0.1) is 0 Å². The molecule has 2 aliphatic rings. The van der Waals surface area contributed by atoms with Crippen molar-refractivity contribution >= 4 is 25.7 Å². The molecule has 1 atom stereocenters. The fourth-order valence-electron chi connectivity index (χ4n) is 3.47. The molecule has 0 saturated carbocycles. The lowest BCUT2D eigenvalue weighted by molar-refractivity contribution is -0.140. The molecule has 7 nitrogen and oxygen atoms in total. The highest BCUT2D eigenvalue weighted by molar-refractivity contribution is 6.62. The molecule has 3 rings (SSSR count). The van der Waals surface area contributed by atoms with Gasteiger partial charge < -0.3 is 23.4 Å². The number of carbonyl (C=O) groups is 1. The lowest BCUT2D eigenvalue weighted by Crippen LogP contribution is -2.41. The normalized spacial score (nSPS) is 24.7. The Labute approximate surface area is 180 Å². The van der Waals surface area contributed by atoms with Crippen molar-refractivity contribution in [2.45, 2.75) is 90.0 Å². The van der Waals surface area contributed by atoms with E-state index in [1.807, 2.05) is 61.5 Å². The van der Waals surface area contributed by atoms with Crippen LogP contribution < -0.4 is 5.46 Å². The molecule has 3 heterocycles. The molecule has 0 spiro atoms. The Hall–Kier alpha value is -1.41. The van der Waals surface area contributed by atoms with Crippen LogP contribution in [0.15, 0.2) is 18.5 Å². The Morgan fingerprint density at radius 3 is 1.93 bits per heavy atom. The minimum atomic E-state index is -0.607. The van der Waals surface area contributed by atoms with Crippen LogP contribution in [0.4, 0.5) is 0 Å². The molecular formula is C21H33B2NO6. The highest BCUT2D eigenvalue weighted by Crippen LogP contribution is 2.42. The summed E-state index contributed by atoms with van der Waals surface area (Å²) in [6.07, 6.45) is 3.57. The van der Waals surface area contributed by atoms with Gasteiger partial charge in [0.25, 0.3) is 0 Å². The van der Waals surface area contributed by atoms with Gasteiger partial charge in [-0.05, 0) is 61.0 Å². The number of hydrogen-bond acceptors (Lipinski definition) is 7. The van der Waals surface area contributed by atoms with E-state index in [1.165, 1.54) is 7.11 Å². The number of hydrogen-bond donors (Lipinski definition) is 0. The van der Waals surface area contributed by atoms with Crippen molar-refractivity contribution in [3.8, 4) is 0 Å². The minimum Gasteiger partial charge on any atom is -0.469 e. The molecule has 0 bridgehead atoms. The average molecular weight is 417 g/mol. The van der Waals surface area contributed by atoms with Crippen molar-refractivity contribution in [3.05, 3.63) is 24.0 Å². The summed E-state index contributed by atoms with van der Waals surface area (Å²) < 4.78 is 29.7. The first kappa shape index (κ1) is 23.3. The number of pyridine rings is 1. The van der Waals surface area contributed by atoms with Gasteiger partial charge in [0.15, 0.2) is 0 Å². The number of methoxy groups -OCH3 is 1. The lowest BCUT2D eigenvalue weighted by atomic mass is 9.65. The first-order chi connectivity index (χ1) is 13.7. The van der Waals surface area contributed by atoms with Gasteiger partial charge in [0, 0.05) is 23.7 Å². The second-order valence-electron chi connectivity index (χ2n) is 10.2. The fraction of sp³-hybridized carbons (Fsp3) is 0.714. The van der Waals surface area contributed by atoms with Gasteiger partial charge >= 0.3 is 20.2 Å². The summed E-state index contributed by atoms with van der Waals surface area (Å²) in [5.74, 6) is -0.718. The summed E-state index contributed by atoms with van der Waals surface area (Å²) in [5.41, 5.74) is -0.329. The maximum atomic E-state index is 12.2. The van der Waals surface area contributed by atoms with E-state index in [0.29, 0.717) is 0 Å². The molecule has 9 heteroatoms. The van der Waals surface area contributed by atoms with Gasteiger partial charge in [0.1, 0.15) is 0 Å². The van der Waals surface area contributed by atoms with Gasteiger partial charge in [-0.3, -0.25) is 9.78 Å². The summed E-state index contributed by atoms with van der Waals surface area (Å²) in [5, 5.41) is 0. The van der Waals surface area contributed by atoms with Gasteiger partial charge in [-0.25, -0.2) is 0 Å². The topological polar surface area (TPSA) is 76.1 Å². The van der Waals surface area contributed by atoms with Crippen molar-refractivity contribution in [2.75, 3.05) is 7.11 Å². The van der Waals surface area contributed by atoms with Crippen molar-refractivity contribution in [3.63, 3.8) is 0 Å². The standard InChI is InChI=1S/C21H33B2NO6/c1-18(2)19(3,4)28-22(27-18)15-10-14(12-24-13-15)16(11-17(25)26-9)23-29-20(5,6)21(7,8)30-23/h10,12-13,16H,11H2,1-9H3. The summed E-state index contributed by atoms with van der Waals surface area (Å²) in [4.78, 5) is 16.6. The highest BCUT2D eigenvalue weighted by atomic mass is 16.7. The molecule has 2 saturated heterocycles. The smallest absolute Gasteiger partial charge is 0.469 e. The summed E-state index contributed by atoms with van der Waals surface area (Å²) in [6.45, 7) is 16.0. The van der Waals surface area contributed by atoms with Crippen LogP contribution in [0.1, 0.15) is 73.2 Å². The molecule has 0 aromatic carbocycles. The monoisotopic (exact) mass is 417 g/mol. The zero-order chi connectivity index (χ0) is 22.5.